The second kappa shape index (κ2) is 12.8. The van der Waals surface area contributed by atoms with Crippen LogP contribution in [0.3, 0.4) is 0 Å². The van der Waals surface area contributed by atoms with Crippen molar-refractivity contribution in [3.05, 3.63) is 0 Å². The van der Waals surface area contributed by atoms with Gasteiger partial charge in [0.1, 0.15) is 0 Å². The van der Waals surface area contributed by atoms with E-state index in [1.807, 2.05) is 0 Å². The van der Waals surface area contributed by atoms with E-state index in [1.165, 1.54) is 6.42 Å². The zero-order valence-electron chi connectivity index (χ0n) is 11.6. The molecular weight excluding hydrogens is 252 g/mol. The van der Waals surface area contributed by atoms with Gasteiger partial charge in [-0.3, -0.25) is 0 Å². The summed E-state index contributed by atoms with van der Waals surface area (Å²) in [4.78, 5) is 0. The summed E-state index contributed by atoms with van der Waals surface area (Å²) in [6, 6.07) is 0. The van der Waals surface area contributed by atoms with E-state index in [2.05, 4.69) is 0 Å². The fourth-order valence-electron chi connectivity index (χ4n) is 1.69. The molecule has 1 fully saturated rings. The SMILES string of the molecule is OCCOCCOCCOCCO[C@H]1CCCCO1. The molecule has 19 heavy (non-hydrogen) atoms. The molecule has 0 unspecified atom stereocenters. The summed E-state index contributed by atoms with van der Waals surface area (Å²) < 4.78 is 26.6. The van der Waals surface area contributed by atoms with Crippen LogP contribution in [0.5, 0.6) is 0 Å². The monoisotopic (exact) mass is 278 g/mol. The number of hydrogen-bond donors (Lipinski definition) is 1. The van der Waals surface area contributed by atoms with Crippen molar-refractivity contribution in [3.8, 4) is 0 Å². The van der Waals surface area contributed by atoms with Crippen LogP contribution < -0.4 is 0 Å². The lowest BCUT2D eigenvalue weighted by atomic mass is 10.2. The maximum absolute atomic E-state index is 8.48. The first-order chi connectivity index (χ1) is 9.43. The molecule has 6 nitrogen and oxygen atoms in total. The van der Waals surface area contributed by atoms with Crippen molar-refractivity contribution in [1.29, 1.82) is 0 Å². The molecule has 1 aliphatic rings. The quantitative estimate of drug-likeness (QED) is 0.527. The average Bonchev–Trinajstić information content (AvgIpc) is 2.46. The molecule has 114 valence electrons. The number of ether oxygens (including phenoxy) is 5. The third-order valence-electron chi connectivity index (χ3n) is 2.65. The van der Waals surface area contributed by atoms with Gasteiger partial charge >= 0.3 is 0 Å². The predicted octanol–water partition coefficient (Wildman–Crippen LogP) is 0.572. The minimum absolute atomic E-state index is 0.0442. The summed E-state index contributed by atoms with van der Waals surface area (Å²) in [5.41, 5.74) is 0. The Morgan fingerprint density at radius 3 is 2.05 bits per heavy atom. The van der Waals surface area contributed by atoms with Crippen molar-refractivity contribution in [2.45, 2.75) is 25.6 Å². The van der Waals surface area contributed by atoms with Crippen molar-refractivity contribution in [2.24, 2.45) is 0 Å². The van der Waals surface area contributed by atoms with E-state index < -0.39 is 0 Å². The van der Waals surface area contributed by atoms with Crippen molar-refractivity contribution in [3.63, 3.8) is 0 Å². The zero-order valence-corrected chi connectivity index (χ0v) is 11.6. The molecular formula is C13H26O6. The van der Waals surface area contributed by atoms with Crippen LogP contribution in [0.25, 0.3) is 0 Å². The number of rotatable bonds is 12. The van der Waals surface area contributed by atoms with Gasteiger partial charge < -0.3 is 28.8 Å². The second-order valence-electron chi connectivity index (χ2n) is 4.23. The summed E-state index contributed by atoms with van der Waals surface area (Å²) in [5.74, 6) is 0. The molecule has 1 aliphatic heterocycles. The summed E-state index contributed by atoms with van der Waals surface area (Å²) in [6.45, 7) is 4.45. The molecule has 0 radical (unpaired) electrons. The summed E-state index contributed by atoms with van der Waals surface area (Å²) in [7, 11) is 0. The topological polar surface area (TPSA) is 66.4 Å². The van der Waals surface area contributed by atoms with Gasteiger partial charge in [-0.25, -0.2) is 0 Å². The van der Waals surface area contributed by atoms with Gasteiger partial charge in [-0.05, 0) is 19.3 Å². The Morgan fingerprint density at radius 2 is 1.47 bits per heavy atom. The molecule has 0 aromatic heterocycles. The Morgan fingerprint density at radius 1 is 0.842 bits per heavy atom. The lowest BCUT2D eigenvalue weighted by molar-refractivity contribution is -0.169. The summed E-state index contributed by atoms with van der Waals surface area (Å²) >= 11 is 0. The first kappa shape index (κ1) is 16.8. The van der Waals surface area contributed by atoms with Gasteiger partial charge in [0.25, 0.3) is 0 Å². The van der Waals surface area contributed by atoms with Crippen molar-refractivity contribution in [2.75, 3.05) is 59.5 Å². The van der Waals surface area contributed by atoms with Gasteiger partial charge in [-0.15, -0.1) is 0 Å². The molecule has 0 saturated carbocycles. The van der Waals surface area contributed by atoms with E-state index in [9.17, 15) is 0 Å². The minimum atomic E-state index is -0.0442. The van der Waals surface area contributed by atoms with E-state index in [0.29, 0.717) is 46.2 Å². The minimum Gasteiger partial charge on any atom is -0.394 e. The molecule has 1 saturated heterocycles. The van der Waals surface area contributed by atoms with Crippen LogP contribution in [-0.2, 0) is 23.7 Å². The highest BCUT2D eigenvalue weighted by Crippen LogP contribution is 2.13. The highest BCUT2D eigenvalue weighted by atomic mass is 16.7. The molecule has 6 heteroatoms. The second-order valence-corrected chi connectivity index (χ2v) is 4.23. The Labute approximate surface area is 114 Å². The van der Waals surface area contributed by atoms with Crippen molar-refractivity contribution >= 4 is 0 Å². The maximum Gasteiger partial charge on any atom is 0.157 e. The Bertz CT molecular complexity index is 184. The normalized spacial score (nSPS) is 19.7. The Balaban J connectivity index is 1.71. The summed E-state index contributed by atoms with van der Waals surface area (Å²) in [6.07, 6.45) is 3.25. The van der Waals surface area contributed by atoms with E-state index in [0.717, 1.165) is 19.4 Å². The molecule has 0 amide bonds. The first-order valence-electron chi connectivity index (χ1n) is 7.01. The highest BCUT2D eigenvalue weighted by Gasteiger charge is 2.13. The summed E-state index contributed by atoms with van der Waals surface area (Å²) in [5, 5.41) is 8.48. The number of aliphatic hydroxyl groups is 1. The van der Waals surface area contributed by atoms with Gasteiger partial charge in [0.15, 0.2) is 6.29 Å². The standard InChI is InChI=1S/C13H26O6/c14-4-6-15-7-8-16-9-10-17-11-12-19-13-3-1-2-5-18-13/h13-14H,1-12H2/t13-/m0/s1. The van der Waals surface area contributed by atoms with Crippen LogP contribution in [0, 0.1) is 0 Å². The lowest BCUT2D eigenvalue weighted by Gasteiger charge is -2.22. The molecule has 1 heterocycles. The van der Waals surface area contributed by atoms with Crippen LogP contribution in [0.4, 0.5) is 0 Å². The molecule has 0 aromatic carbocycles. The van der Waals surface area contributed by atoms with E-state index in [1.54, 1.807) is 0 Å². The van der Waals surface area contributed by atoms with Gasteiger partial charge in [0, 0.05) is 6.61 Å². The largest absolute Gasteiger partial charge is 0.394 e. The van der Waals surface area contributed by atoms with E-state index in [-0.39, 0.29) is 12.9 Å². The fraction of sp³-hybridized carbons (Fsp3) is 1.00. The van der Waals surface area contributed by atoms with Gasteiger partial charge in [0.2, 0.25) is 0 Å². The Hall–Kier alpha value is -0.240. The fourth-order valence-corrected chi connectivity index (χ4v) is 1.69. The smallest absolute Gasteiger partial charge is 0.157 e. The third kappa shape index (κ3) is 10.2. The van der Waals surface area contributed by atoms with Crippen molar-refractivity contribution in [1.82, 2.24) is 0 Å². The molecule has 1 rings (SSSR count). The van der Waals surface area contributed by atoms with Gasteiger partial charge in [-0.1, -0.05) is 0 Å². The first-order valence-corrected chi connectivity index (χ1v) is 7.01. The number of hydrogen-bond acceptors (Lipinski definition) is 6. The van der Waals surface area contributed by atoms with Crippen LogP contribution in [0.1, 0.15) is 19.3 Å². The maximum atomic E-state index is 8.48. The Kier molecular flexibility index (Phi) is 11.3. The van der Waals surface area contributed by atoms with Crippen LogP contribution in [-0.4, -0.2) is 70.9 Å². The lowest BCUT2D eigenvalue weighted by Crippen LogP contribution is -2.24. The highest BCUT2D eigenvalue weighted by molar-refractivity contribution is 4.53. The van der Waals surface area contributed by atoms with Gasteiger partial charge in [0.05, 0.1) is 52.9 Å². The molecule has 1 atom stereocenters. The van der Waals surface area contributed by atoms with Crippen LogP contribution in [0.15, 0.2) is 0 Å². The zero-order chi connectivity index (χ0) is 13.6. The molecule has 1 N–H and O–H groups in total. The van der Waals surface area contributed by atoms with E-state index >= 15 is 0 Å². The van der Waals surface area contributed by atoms with Crippen LogP contribution >= 0.6 is 0 Å². The average molecular weight is 278 g/mol. The predicted molar refractivity (Wildman–Crippen MR) is 69.1 cm³/mol. The van der Waals surface area contributed by atoms with E-state index in [4.69, 9.17) is 28.8 Å². The van der Waals surface area contributed by atoms with Crippen LogP contribution in [0.2, 0.25) is 0 Å². The number of aliphatic hydroxyl groups excluding tert-OH is 1. The van der Waals surface area contributed by atoms with Gasteiger partial charge in [-0.2, -0.15) is 0 Å². The molecule has 0 spiro atoms. The molecule has 0 aliphatic carbocycles. The molecule has 0 aromatic rings. The third-order valence-corrected chi connectivity index (χ3v) is 2.65. The molecule has 0 bridgehead atoms. The van der Waals surface area contributed by atoms with Crippen molar-refractivity contribution < 1.29 is 28.8 Å².